The van der Waals surface area contributed by atoms with Crippen LogP contribution in [0.5, 0.6) is 23.0 Å². The van der Waals surface area contributed by atoms with Crippen molar-refractivity contribution in [2.45, 2.75) is 19.0 Å². The number of benzene rings is 2. The molecular weight excluding hydrogens is 434 g/mol. The summed E-state index contributed by atoms with van der Waals surface area (Å²) in [6.45, 7) is 0.782. The molecular formula is C23H23NO7S. The van der Waals surface area contributed by atoms with Gasteiger partial charge in [0.2, 0.25) is 5.78 Å². The number of sulfone groups is 1. The topological polar surface area (TPSA) is 91.4 Å². The summed E-state index contributed by atoms with van der Waals surface area (Å²) in [5, 5.41) is 0. The third kappa shape index (κ3) is 3.61. The lowest BCUT2D eigenvalue weighted by Gasteiger charge is -2.33. The van der Waals surface area contributed by atoms with Gasteiger partial charge in [0.05, 0.1) is 36.9 Å². The van der Waals surface area contributed by atoms with Crippen molar-refractivity contribution < 1.29 is 32.2 Å². The summed E-state index contributed by atoms with van der Waals surface area (Å²) in [7, 11) is 0.105. The summed E-state index contributed by atoms with van der Waals surface area (Å²) < 4.78 is 46.3. The Morgan fingerprint density at radius 1 is 1.12 bits per heavy atom. The highest BCUT2D eigenvalue weighted by Crippen LogP contribution is 2.43. The number of rotatable bonds is 4. The molecule has 1 atom stereocenters. The van der Waals surface area contributed by atoms with Gasteiger partial charge in [0.1, 0.15) is 18.2 Å². The van der Waals surface area contributed by atoms with Crippen LogP contribution in [0.25, 0.3) is 6.08 Å². The van der Waals surface area contributed by atoms with Crippen molar-refractivity contribution >= 4 is 21.7 Å². The van der Waals surface area contributed by atoms with E-state index in [0.29, 0.717) is 48.3 Å². The first-order valence-corrected chi connectivity index (χ1v) is 12.1. The minimum absolute atomic E-state index is 0.0945. The molecule has 3 aliphatic rings. The molecule has 5 rings (SSSR count). The number of carbonyl (C=O) groups is 1. The molecule has 0 bridgehead atoms. The van der Waals surface area contributed by atoms with Crippen LogP contribution in [0.4, 0.5) is 0 Å². The number of fused-ring (bicyclic) bond motifs is 3. The zero-order valence-electron chi connectivity index (χ0n) is 17.8. The average Bonchev–Trinajstić information content (AvgIpc) is 3.32. The lowest BCUT2D eigenvalue weighted by atomic mass is 10.0. The molecule has 1 unspecified atom stereocenters. The van der Waals surface area contributed by atoms with Crippen LogP contribution in [0.15, 0.2) is 36.1 Å². The molecule has 168 valence electrons. The Hall–Kier alpha value is -3.04. The maximum atomic E-state index is 13.0. The molecule has 9 heteroatoms. The molecule has 0 spiro atoms. The first-order chi connectivity index (χ1) is 15.4. The molecule has 0 aromatic heterocycles. The molecule has 1 saturated heterocycles. The van der Waals surface area contributed by atoms with Crippen LogP contribution in [-0.2, 0) is 16.4 Å². The molecule has 0 N–H and O–H groups in total. The molecule has 8 nitrogen and oxygen atoms in total. The molecule has 3 heterocycles. The second-order valence-corrected chi connectivity index (χ2v) is 10.3. The molecule has 0 amide bonds. The number of carbonyl (C=O) groups excluding carboxylic acids is 1. The highest BCUT2D eigenvalue weighted by molar-refractivity contribution is 7.91. The average molecular weight is 458 g/mol. The van der Waals surface area contributed by atoms with Gasteiger partial charge in [-0.25, -0.2) is 8.42 Å². The summed E-state index contributed by atoms with van der Waals surface area (Å²) in [4.78, 5) is 15.0. The maximum absolute atomic E-state index is 13.0. The standard InChI is InChI=1S/C23H23NO7S/c1-28-19-5-3-14(9-20(19)29-2)10-21-22(25)16-4-6-18-17(23(16)31-21)11-24(13-30-18)15-7-8-32(26,27)12-15/h3-6,9-10,15H,7-8,11-13H2,1-2H3/b21-10+. The van der Waals surface area contributed by atoms with Crippen molar-refractivity contribution in [2.75, 3.05) is 32.5 Å². The van der Waals surface area contributed by atoms with E-state index in [4.69, 9.17) is 18.9 Å². The Bertz CT molecular complexity index is 1240. The minimum atomic E-state index is -3.01. The van der Waals surface area contributed by atoms with E-state index >= 15 is 0 Å². The van der Waals surface area contributed by atoms with Gasteiger partial charge in [-0.05, 0) is 42.3 Å². The number of ketones is 1. The normalized spacial score (nSPS) is 22.8. The third-order valence-corrected chi connectivity index (χ3v) is 7.83. The lowest BCUT2D eigenvalue weighted by Crippen LogP contribution is -2.41. The Morgan fingerprint density at radius 3 is 2.66 bits per heavy atom. The second-order valence-electron chi connectivity index (χ2n) is 8.05. The third-order valence-electron chi connectivity index (χ3n) is 6.08. The first-order valence-electron chi connectivity index (χ1n) is 10.3. The van der Waals surface area contributed by atoms with Gasteiger partial charge >= 0.3 is 0 Å². The van der Waals surface area contributed by atoms with Crippen molar-refractivity contribution in [1.82, 2.24) is 4.90 Å². The van der Waals surface area contributed by atoms with Crippen LogP contribution in [0, 0.1) is 0 Å². The fourth-order valence-corrected chi connectivity index (χ4v) is 6.13. The quantitative estimate of drug-likeness (QED) is 0.648. The SMILES string of the molecule is COc1ccc(/C=C2/Oc3c(ccc4c3CN(C3CCS(=O)(=O)C3)CO4)C2=O)cc1OC. The Kier molecular flexibility index (Phi) is 5.10. The van der Waals surface area contributed by atoms with Crippen LogP contribution in [0.3, 0.4) is 0 Å². The van der Waals surface area contributed by atoms with Crippen molar-refractivity contribution in [2.24, 2.45) is 0 Å². The fourth-order valence-electron chi connectivity index (χ4n) is 4.37. The maximum Gasteiger partial charge on any atom is 0.231 e. The number of Topliss-reactive ketones (excluding diaryl/α,β-unsaturated/α-hetero) is 1. The van der Waals surface area contributed by atoms with Crippen LogP contribution in [0.2, 0.25) is 0 Å². The fraction of sp³-hybridized carbons (Fsp3) is 0.348. The van der Waals surface area contributed by atoms with Crippen molar-refractivity contribution in [3.8, 4) is 23.0 Å². The van der Waals surface area contributed by atoms with Crippen LogP contribution >= 0.6 is 0 Å². The van der Waals surface area contributed by atoms with Gasteiger partial charge in [-0.15, -0.1) is 0 Å². The second kappa shape index (κ2) is 7.83. The van der Waals surface area contributed by atoms with Gasteiger partial charge < -0.3 is 18.9 Å². The van der Waals surface area contributed by atoms with E-state index in [2.05, 4.69) is 0 Å². The molecule has 1 fully saturated rings. The summed E-state index contributed by atoms with van der Waals surface area (Å²) >= 11 is 0. The molecule has 0 saturated carbocycles. The number of methoxy groups -OCH3 is 2. The Morgan fingerprint density at radius 2 is 1.94 bits per heavy atom. The van der Waals surface area contributed by atoms with Crippen molar-refractivity contribution in [3.63, 3.8) is 0 Å². The first kappa shape index (κ1) is 20.8. The summed E-state index contributed by atoms with van der Waals surface area (Å²) in [5.74, 6) is 2.60. The van der Waals surface area contributed by atoms with Gasteiger partial charge in [0.25, 0.3) is 0 Å². The van der Waals surface area contributed by atoms with E-state index in [9.17, 15) is 13.2 Å². The van der Waals surface area contributed by atoms with Crippen LogP contribution in [0.1, 0.15) is 27.9 Å². The number of hydrogen-bond donors (Lipinski definition) is 0. The van der Waals surface area contributed by atoms with Gasteiger partial charge in [-0.2, -0.15) is 0 Å². The van der Waals surface area contributed by atoms with Gasteiger partial charge in [-0.1, -0.05) is 6.07 Å². The summed E-state index contributed by atoms with van der Waals surface area (Å²) in [6, 6.07) is 8.74. The predicted octanol–water partition coefficient (Wildman–Crippen LogP) is 2.66. The number of ether oxygens (including phenoxy) is 4. The lowest BCUT2D eigenvalue weighted by molar-refractivity contribution is 0.0634. The van der Waals surface area contributed by atoms with Gasteiger partial charge in [-0.3, -0.25) is 9.69 Å². The highest BCUT2D eigenvalue weighted by atomic mass is 32.2. The molecule has 3 aliphatic heterocycles. The van der Waals surface area contributed by atoms with E-state index < -0.39 is 9.84 Å². The van der Waals surface area contributed by atoms with Gasteiger partial charge in [0.15, 0.2) is 27.1 Å². The van der Waals surface area contributed by atoms with E-state index in [1.807, 2.05) is 11.0 Å². The zero-order chi connectivity index (χ0) is 22.5. The molecule has 32 heavy (non-hydrogen) atoms. The van der Waals surface area contributed by atoms with Crippen LogP contribution < -0.4 is 18.9 Å². The minimum Gasteiger partial charge on any atom is -0.493 e. The Labute approximate surface area is 186 Å². The summed E-state index contributed by atoms with van der Waals surface area (Å²) in [6.07, 6.45) is 2.25. The molecule has 0 radical (unpaired) electrons. The van der Waals surface area contributed by atoms with Crippen molar-refractivity contribution in [3.05, 3.63) is 52.8 Å². The monoisotopic (exact) mass is 457 g/mol. The van der Waals surface area contributed by atoms with E-state index in [0.717, 1.165) is 11.1 Å². The van der Waals surface area contributed by atoms with E-state index in [-0.39, 0.29) is 29.1 Å². The predicted molar refractivity (Wildman–Crippen MR) is 117 cm³/mol. The molecule has 2 aromatic carbocycles. The molecule has 0 aliphatic carbocycles. The van der Waals surface area contributed by atoms with E-state index in [1.54, 1.807) is 44.6 Å². The largest absolute Gasteiger partial charge is 0.493 e. The zero-order valence-corrected chi connectivity index (χ0v) is 18.6. The van der Waals surface area contributed by atoms with E-state index in [1.165, 1.54) is 0 Å². The molecule has 2 aromatic rings. The number of nitrogens with zero attached hydrogens (tertiary/aromatic N) is 1. The van der Waals surface area contributed by atoms with Crippen molar-refractivity contribution in [1.29, 1.82) is 0 Å². The smallest absolute Gasteiger partial charge is 0.231 e. The van der Waals surface area contributed by atoms with Gasteiger partial charge in [0, 0.05) is 12.6 Å². The number of hydrogen-bond acceptors (Lipinski definition) is 8. The Balaban J connectivity index is 1.44. The summed E-state index contributed by atoms with van der Waals surface area (Å²) in [5.41, 5.74) is 1.98. The van der Waals surface area contributed by atoms with Crippen LogP contribution in [-0.4, -0.2) is 57.6 Å². The number of allylic oxidation sites excluding steroid dienone is 1. The highest BCUT2D eigenvalue weighted by Gasteiger charge is 2.38.